The summed E-state index contributed by atoms with van der Waals surface area (Å²) in [4.78, 5) is 6.64. The Morgan fingerprint density at radius 2 is 2.17 bits per heavy atom. The largest absolute Gasteiger partial charge is 0.280 e. The first-order valence-corrected chi connectivity index (χ1v) is 4.29. The summed E-state index contributed by atoms with van der Waals surface area (Å²) in [6.45, 7) is 6.05. The standard InChI is InChI=1S/C8H14N4/c1-6(2)8-9-7-4-11(3)5-12(7)10-8/h6H,4-5H2,1-3H3. The lowest BCUT2D eigenvalue weighted by molar-refractivity contribution is 0.303. The first kappa shape index (κ1) is 7.73. The minimum atomic E-state index is 0.438. The van der Waals surface area contributed by atoms with E-state index in [1.54, 1.807) is 0 Å². The number of rotatable bonds is 1. The van der Waals surface area contributed by atoms with Gasteiger partial charge in [0.15, 0.2) is 5.82 Å². The maximum absolute atomic E-state index is 4.45. The van der Waals surface area contributed by atoms with E-state index in [1.807, 2.05) is 4.68 Å². The molecule has 0 fully saturated rings. The summed E-state index contributed by atoms with van der Waals surface area (Å²) in [5.41, 5.74) is 0. The fraction of sp³-hybridized carbons (Fsp3) is 0.750. The molecule has 0 radical (unpaired) electrons. The molecule has 66 valence electrons. The van der Waals surface area contributed by atoms with Crippen molar-refractivity contribution in [3.63, 3.8) is 0 Å². The summed E-state index contributed by atoms with van der Waals surface area (Å²) >= 11 is 0. The zero-order valence-corrected chi connectivity index (χ0v) is 7.78. The van der Waals surface area contributed by atoms with Crippen LogP contribution in [0, 0.1) is 0 Å². The molecular weight excluding hydrogens is 152 g/mol. The number of hydrogen-bond acceptors (Lipinski definition) is 3. The van der Waals surface area contributed by atoms with Gasteiger partial charge in [0.1, 0.15) is 5.82 Å². The molecule has 0 aliphatic carbocycles. The van der Waals surface area contributed by atoms with Gasteiger partial charge in [-0.25, -0.2) is 9.67 Å². The van der Waals surface area contributed by atoms with E-state index in [-0.39, 0.29) is 0 Å². The first-order valence-electron chi connectivity index (χ1n) is 4.29. The second-order valence-electron chi connectivity index (χ2n) is 3.70. The molecular formula is C8H14N4. The Kier molecular flexibility index (Phi) is 1.65. The molecule has 0 aromatic carbocycles. The van der Waals surface area contributed by atoms with Gasteiger partial charge in [0.2, 0.25) is 0 Å². The highest BCUT2D eigenvalue weighted by Crippen LogP contribution is 2.15. The van der Waals surface area contributed by atoms with Gasteiger partial charge in [0.25, 0.3) is 0 Å². The van der Waals surface area contributed by atoms with Crippen molar-refractivity contribution in [3.8, 4) is 0 Å². The Bertz CT molecular complexity index is 266. The highest BCUT2D eigenvalue weighted by atomic mass is 15.5. The summed E-state index contributed by atoms with van der Waals surface area (Å²) in [5.74, 6) is 2.51. The maximum atomic E-state index is 4.45. The van der Waals surface area contributed by atoms with Crippen molar-refractivity contribution >= 4 is 0 Å². The average Bonchev–Trinajstić information content (AvgIpc) is 2.42. The van der Waals surface area contributed by atoms with Crippen molar-refractivity contribution in [2.24, 2.45) is 0 Å². The van der Waals surface area contributed by atoms with Crippen LogP contribution >= 0.6 is 0 Å². The molecule has 0 saturated carbocycles. The van der Waals surface area contributed by atoms with Gasteiger partial charge in [-0.1, -0.05) is 13.8 Å². The van der Waals surface area contributed by atoms with Crippen LogP contribution in [0.2, 0.25) is 0 Å². The van der Waals surface area contributed by atoms with Crippen LogP contribution in [0.15, 0.2) is 0 Å². The molecule has 1 aliphatic heterocycles. The zero-order valence-electron chi connectivity index (χ0n) is 7.78. The SMILES string of the molecule is CC(C)c1nc2n(n1)CN(C)C2. The van der Waals surface area contributed by atoms with Crippen molar-refractivity contribution < 1.29 is 0 Å². The van der Waals surface area contributed by atoms with E-state index >= 15 is 0 Å². The quantitative estimate of drug-likeness (QED) is 0.619. The molecule has 0 atom stereocenters. The van der Waals surface area contributed by atoms with Gasteiger partial charge in [0, 0.05) is 5.92 Å². The molecule has 1 aromatic heterocycles. The number of fused-ring (bicyclic) bond motifs is 1. The molecule has 0 N–H and O–H groups in total. The molecule has 4 nitrogen and oxygen atoms in total. The average molecular weight is 166 g/mol. The number of aromatic nitrogens is 3. The molecule has 0 spiro atoms. The van der Waals surface area contributed by atoms with Crippen molar-refractivity contribution in [3.05, 3.63) is 11.6 Å². The number of nitrogens with zero attached hydrogens (tertiary/aromatic N) is 4. The summed E-state index contributed by atoms with van der Waals surface area (Å²) in [7, 11) is 2.07. The molecule has 2 rings (SSSR count). The molecule has 0 unspecified atom stereocenters. The van der Waals surface area contributed by atoms with Crippen LogP contribution in [0.25, 0.3) is 0 Å². The van der Waals surface area contributed by atoms with Crippen LogP contribution in [0.1, 0.15) is 31.4 Å². The molecule has 0 bridgehead atoms. The Hall–Kier alpha value is -0.900. The van der Waals surface area contributed by atoms with Gasteiger partial charge >= 0.3 is 0 Å². The van der Waals surface area contributed by atoms with Crippen molar-refractivity contribution in [2.75, 3.05) is 7.05 Å². The first-order chi connectivity index (χ1) is 5.66. The Morgan fingerprint density at radius 1 is 1.42 bits per heavy atom. The highest BCUT2D eigenvalue weighted by molar-refractivity contribution is 4.99. The van der Waals surface area contributed by atoms with Gasteiger partial charge < -0.3 is 0 Å². The lowest BCUT2D eigenvalue weighted by Crippen LogP contribution is -2.12. The zero-order chi connectivity index (χ0) is 8.72. The Balaban J connectivity index is 2.28. The fourth-order valence-electron chi connectivity index (χ4n) is 1.39. The third-order valence-electron chi connectivity index (χ3n) is 2.07. The van der Waals surface area contributed by atoms with Crippen molar-refractivity contribution in [1.82, 2.24) is 19.7 Å². The van der Waals surface area contributed by atoms with E-state index in [0.717, 1.165) is 24.9 Å². The van der Waals surface area contributed by atoms with E-state index in [1.165, 1.54) is 0 Å². The Labute approximate surface area is 72.2 Å². The maximum Gasteiger partial charge on any atom is 0.153 e. The van der Waals surface area contributed by atoms with Gasteiger partial charge in [0.05, 0.1) is 13.2 Å². The van der Waals surface area contributed by atoms with Crippen LogP contribution in [0.4, 0.5) is 0 Å². The lowest BCUT2D eigenvalue weighted by atomic mass is 10.2. The van der Waals surface area contributed by atoms with E-state index in [0.29, 0.717) is 5.92 Å². The lowest BCUT2D eigenvalue weighted by Gasteiger charge is -2.04. The highest BCUT2D eigenvalue weighted by Gasteiger charge is 2.20. The van der Waals surface area contributed by atoms with E-state index in [9.17, 15) is 0 Å². The van der Waals surface area contributed by atoms with Crippen molar-refractivity contribution in [2.45, 2.75) is 33.0 Å². The molecule has 4 heteroatoms. The summed E-state index contributed by atoms with van der Waals surface area (Å²) in [6, 6.07) is 0. The topological polar surface area (TPSA) is 34.0 Å². The third kappa shape index (κ3) is 1.12. The van der Waals surface area contributed by atoms with E-state index in [2.05, 4.69) is 35.9 Å². The molecule has 0 saturated heterocycles. The predicted octanol–water partition coefficient (Wildman–Crippen LogP) is 0.804. The second kappa shape index (κ2) is 2.55. The molecule has 12 heavy (non-hydrogen) atoms. The molecule has 2 heterocycles. The molecule has 1 aromatic rings. The van der Waals surface area contributed by atoms with Gasteiger partial charge in [-0.15, -0.1) is 0 Å². The Morgan fingerprint density at radius 3 is 2.75 bits per heavy atom. The number of hydrogen-bond donors (Lipinski definition) is 0. The minimum Gasteiger partial charge on any atom is -0.280 e. The third-order valence-corrected chi connectivity index (χ3v) is 2.07. The van der Waals surface area contributed by atoms with Crippen LogP contribution in [0.5, 0.6) is 0 Å². The van der Waals surface area contributed by atoms with Gasteiger partial charge in [-0.3, -0.25) is 4.90 Å². The van der Waals surface area contributed by atoms with Crippen LogP contribution in [-0.2, 0) is 13.2 Å². The van der Waals surface area contributed by atoms with Crippen LogP contribution < -0.4 is 0 Å². The van der Waals surface area contributed by atoms with Crippen LogP contribution in [-0.4, -0.2) is 26.7 Å². The van der Waals surface area contributed by atoms with Gasteiger partial charge in [-0.2, -0.15) is 5.10 Å². The summed E-state index contributed by atoms with van der Waals surface area (Å²) < 4.78 is 1.98. The molecule has 1 aliphatic rings. The summed E-state index contributed by atoms with van der Waals surface area (Å²) in [6.07, 6.45) is 0. The van der Waals surface area contributed by atoms with Crippen molar-refractivity contribution in [1.29, 1.82) is 0 Å². The second-order valence-corrected chi connectivity index (χ2v) is 3.70. The van der Waals surface area contributed by atoms with Crippen LogP contribution in [0.3, 0.4) is 0 Å². The predicted molar refractivity (Wildman–Crippen MR) is 45.6 cm³/mol. The summed E-state index contributed by atoms with van der Waals surface area (Å²) in [5, 5.41) is 4.40. The normalized spacial score (nSPS) is 17.3. The monoisotopic (exact) mass is 166 g/mol. The fourth-order valence-corrected chi connectivity index (χ4v) is 1.39. The smallest absolute Gasteiger partial charge is 0.153 e. The molecule has 0 amide bonds. The van der Waals surface area contributed by atoms with Gasteiger partial charge in [-0.05, 0) is 7.05 Å². The van der Waals surface area contributed by atoms with E-state index in [4.69, 9.17) is 0 Å². The minimum absolute atomic E-state index is 0.438. The van der Waals surface area contributed by atoms with E-state index < -0.39 is 0 Å².